The minimum absolute atomic E-state index is 0.0218. The van der Waals surface area contributed by atoms with E-state index in [-0.39, 0.29) is 28.5 Å². The molecule has 2 heterocycles. The van der Waals surface area contributed by atoms with Crippen molar-refractivity contribution in [3.05, 3.63) is 76.9 Å². The summed E-state index contributed by atoms with van der Waals surface area (Å²) in [4.78, 5) is 26.8. The van der Waals surface area contributed by atoms with Gasteiger partial charge in [-0.25, -0.2) is 0 Å². The number of amides is 1. The van der Waals surface area contributed by atoms with Crippen LogP contribution in [0.15, 0.2) is 54.6 Å². The number of carboxylic acids is 1. The van der Waals surface area contributed by atoms with Gasteiger partial charge in [-0.2, -0.15) is 0 Å². The van der Waals surface area contributed by atoms with Gasteiger partial charge >= 0.3 is 0 Å². The van der Waals surface area contributed by atoms with E-state index in [1.807, 2.05) is 30.3 Å². The highest BCUT2D eigenvalue weighted by atomic mass is 16.4. The molecule has 0 spiro atoms. The van der Waals surface area contributed by atoms with E-state index in [1.165, 1.54) is 6.07 Å². The second-order valence-electron chi connectivity index (χ2n) is 8.02. The summed E-state index contributed by atoms with van der Waals surface area (Å²) in [5.41, 5.74) is 2.92. The zero-order valence-electron chi connectivity index (χ0n) is 15.2. The lowest BCUT2D eigenvalue weighted by Crippen LogP contribution is -2.39. The Balaban J connectivity index is 1.85. The highest BCUT2D eigenvalue weighted by Crippen LogP contribution is 2.54. The molecule has 2 aliphatic rings. The Morgan fingerprint density at radius 3 is 2.63 bits per heavy atom. The second-order valence-corrected chi connectivity index (χ2v) is 8.02. The summed E-state index contributed by atoms with van der Waals surface area (Å²) in [7, 11) is 0. The molecule has 0 N–H and O–H groups in total. The molecular weight excluding hydrogens is 338 g/mol. The fraction of sp³-hybridized carbons (Fsp3) is 0.217. The molecule has 134 valence electrons. The molecular formula is C23H18NO3-. The largest absolute Gasteiger partial charge is 0.545 e. The zero-order chi connectivity index (χ0) is 18.9. The summed E-state index contributed by atoms with van der Waals surface area (Å²) < 4.78 is 0. The Morgan fingerprint density at radius 1 is 1.07 bits per heavy atom. The Bertz CT molecular complexity index is 1150. The molecule has 1 atom stereocenters. The summed E-state index contributed by atoms with van der Waals surface area (Å²) in [5.74, 6) is -1.56. The lowest BCUT2D eigenvalue weighted by Gasteiger charge is -2.42. The van der Waals surface area contributed by atoms with Crippen LogP contribution in [-0.4, -0.2) is 11.9 Å². The van der Waals surface area contributed by atoms with Gasteiger partial charge in [0, 0.05) is 10.9 Å². The molecule has 3 aromatic rings. The third-order valence-corrected chi connectivity index (χ3v) is 5.99. The summed E-state index contributed by atoms with van der Waals surface area (Å²) in [6.45, 7) is 4.37. The monoisotopic (exact) mass is 356 g/mol. The van der Waals surface area contributed by atoms with Crippen LogP contribution in [0.25, 0.3) is 10.8 Å². The molecule has 27 heavy (non-hydrogen) atoms. The van der Waals surface area contributed by atoms with E-state index in [0.29, 0.717) is 0 Å². The molecule has 0 unspecified atom stereocenters. The van der Waals surface area contributed by atoms with Gasteiger partial charge in [-0.1, -0.05) is 68.4 Å². The van der Waals surface area contributed by atoms with Crippen LogP contribution in [0.3, 0.4) is 0 Å². The topological polar surface area (TPSA) is 60.4 Å². The molecule has 0 aromatic heterocycles. The SMILES string of the molecule is CC1(C)C[C@H]2c3cccc(C(=O)[O-])c3C(=O)N2c2c1ccc1ccccc21. The third-order valence-electron chi connectivity index (χ3n) is 5.99. The van der Waals surface area contributed by atoms with Crippen molar-refractivity contribution in [2.75, 3.05) is 4.90 Å². The number of hydrogen-bond acceptors (Lipinski definition) is 3. The van der Waals surface area contributed by atoms with Crippen molar-refractivity contribution in [2.24, 2.45) is 0 Å². The molecule has 0 bridgehead atoms. The molecule has 0 saturated carbocycles. The standard InChI is InChI=1S/C23H19NO3/c1-23(2)12-18-15-8-5-9-16(22(26)27)19(15)21(25)24(18)20-14-7-4-3-6-13(14)10-11-17(20)23/h3-11,18H,12H2,1-2H3,(H,26,27)/p-1/t18-/m0/s1. The number of fused-ring (bicyclic) bond motifs is 7. The van der Waals surface area contributed by atoms with Crippen molar-refractivity contribution in [2.45, 2.75) is 31.7 Å². The average molecular weight is 356 g/mol. The van der Waals surface area contributed by atoms with E-state index in [1.54, 1.807) is 11.0 Å². The van der Waals surface area contributed by atoms with Crippen molar-refractivity contribution >= 4 is 28.3 Å². The van der Waals surface area contributed by atoms with Crippen LogP contribution in [0, 0.1) is 0 Å². The van der Waals surface area contributed by atoms with Gasteiger partial charge in [0.1, 0.15) is 0 Å². The lowest BCUT2D eigenvalue weighted by atomic mass is 9.73. The van der Waals surface area contributed by atoms with E-state index >= 15 is 0 Å². The van der Waals surface area contributed by atoms with Crippen LogP contribution in [0.2, 0.25) is 0 Å². The molecule has 4 nitrogen and oxygen atoms in total. The number of anilines is 1. The maximum absolute atomic E-state index is 13.4. The third kappa shape index (κ3) is 2.04. The Kier molecular flexibility index (Phi) is 3.09. The van der Waals surface area contributed by atoms with E-state index in [9.17, 15) is 14.7 Å². The number of benzene rings is 3. The van der Waals surface area contributed by atoms with Crippen molar-refractivity contribution in [1.29, 1.82) is 0 Å². The maximum Gasteiger partial charge on any atom is 0.259 e. The van der Waals surface area contributed by atoms with E-state index in [2.05, 4.69) is 26.0 Å². The predicted octanol–water partition coefficient (Wildman–Crippen LogP) is 3.59. The van der Waals surface area contributed by atoms with Gasteiger partial charge in [0.05, 0.1) is 23.3 Å². The van der Waals surface area contributed by atoms with Gasteiger partial charge in [0.25, 0.3) is 5.91 Å². The molecule has 3 aromatic carbocycles. The fourth-order valence-corrected chi connectivity index (χ4v) is 4.77. The van der Waals surface area contributed by atoms with Crippen molar-refractivity contribution in [1.82, 2.24) is 0 Å². The first-order chi connectivity index (χ1) is 12.9. The molecule has 0 saturated heterocycles. The Morgan fingerprint density at radius 2 is 1.85 bits per heavy atom. The van der Waals surface area contributed by atoms with Crippen LogP contribution in [0.5, 0.6) is 0 Å². The highest BCUT2D eigenvalue weighted by molar-refractivity contribution is 6.19. The van der Waals surface area contributed by atoms with Crippen LogP contribution in [0.4, 0.5) is 5.69 Å². The zero-order valence-corrected chi connectivity index (χ0v) is 15.2. The maximum atomic E-state index is 13.4. The Hall–Kier alpha value is -3.14. The van der Waals surface area contributed by atoms with Crippen molar-refractivity contribution in [3.63, 3.8) is 0 Å². The normalized spacial score (nSPS) is 19.6. The van der Waals surface area contributed by atoms with Crippen LogP contribution < -0.4 is 10.0 Å². The number of nitrogens with zero attached hydrogens (tertiary/aromatic N) is 1. The summed E-state index contributed by atoms with van der Waals surface area (Å²) in [5, 5.41) is 13.7. The summed E-state index contributed by atoms with van der Waals surface area (Å²) in [6, 6.07) is 17.1. The van der Waals surface area contributed by atoms with E-state index < -0.39 is 5.97 Å². The van der Waals surface area contributed by atoms with Gasteiger partial charge < -0.3 is 9.90 Å². The molecule has 0 radical (unpaired) electrons. The van der Waals surface area contributed by atoms with Crippen molar-refractivity contribution < 1.29 is 14.7 Å². The first-order valence-electron chi connectivity index (χ1n) is 9.10. The van der Waals surface area contributed by atoms with Crippen molar-refractivity contribution in [3.8, 4) is 0 Å². The number of rotatable bonds is 1. The lowest BCUT2D eigenvalue weighted by molar-refractivity contribution is -0.255. The van der Waals surface area contributed by atoms with Crippen LogP contribution in [-0.2, 0) is 5.41 Å². The molecule has 5 rings (SSSR count). The first-order valence-corrected chi connectivity index (χ1v) is 9.10. The number of aromatic carboxylic acids is 1. The number of hydrogen-bond donors (Lipinski definition) is 0. The Labute approximate surface area is 157 Å². The predicted molar refractivity (Wildman–Crippen MR) is 102 cm³/mol. The highest BCUT2D eigenvalue weighted by Gasteiger charge is 2.47. The minimum Gasteiger partial charge on any atom is -0.545 e. The number of carbonyl (C=O) groups excluding carboxylic acids is 2. The quantitative estimate of drug-likeness (QED) is 0.669. The molecule has 4 heteroatoms. The smallest absolute Gasteiger partial charge is 0.259 e. The minimum atomic E-state index is -1.31. The molecule has 0 fully saturated rings. The summed E-state index contributed by atoms with van der Waals surface area (Å²) >= 11 is 0. The average Bonchev–Trinajstić information content (AvgIpc) is 2.92. The van der Waals surface area contributed by atoms with E-state index in [0.717, 1.165) is 34.0 Å². The second kappa shape index (κ2) is 5.19. The van der Waals surface area contributed by atoms with Gasteiger partial charge in [-0.05, 0) is 28.3 Å². The van der Waals surface area contributed by atoms with Gasteiger partial charge in [0.2, 0.25) is 0 Å². The fourth-order valence-electron chi connectivity index (χ4n) is 4.77. The molecule has 0 aliphatic carbocycles. The van der Waals surface area contributed by atoms with Gasteiger partial charge in [-0.3, -0.25) is 9.69 Å². The number of carboxylic acid groups (broad SMARTS) is 1. The first kappa shape index (κ1) is 16.1. The van der Waals surface area contributed by atoms with Gasteiger partial charge in [0.15, 0.2) is 0 Å². The van der Waals surface area contributed by atoms with Gasteiger partial charge in [-0.15, -0.1) is 0 Å². The van der Waals surface area contributed by atoms with Crippen LogP contribution >= 0.6 is 0 Å². The van der Waals surface area contributed by atoms with Crippen LogP contribution in [0.1, 0.15) is 58.2 Å². The summed E-state index contributed by atoms with van der Waals surface area (Å²) in [6.07, 6.45) is 0.744. The van der Waals surface area contributed by atoms with E-state index in [4.69, 9.17) is 0 Å². The molecule has 2 aliphatic heterocycles. The molecule has 1 amide bonds. The number of carbonyl (C=O) groups is 2.